The molecule has 2 atom stereocenters. The summed E-state index contributed by atoms with van der Waals surface area (Å²) in [7, 11) is 1.72. The lowest BCUT2D eigenvalue weighted by Gasteiger charge is -2.40. The molecule has 0 bridgehead atoms. The predicted octanol–water partition coefficient (Wildman–Crippen LogP) is 5.90. The summed E-state index contributed by atoms with van der Waals surface area (Å²) in [5.74, 6) is 2.19. The Morgan fingerprint density at radius 2 is 1.83 bits per heavy atom. The molecule has 0 amide bonds. The van der Waals surface area contributed by atoms with Crippen LogP contribution >= 0.6 is 0 Å². The molecular weight excluding hydrogens is 358 g/mol. The highest BCUT2D eigenvalue weighted by atomic mass is 16.5. The number of rotatable bonds is 9. The second kappa shape index (κ2) is 10.3. The normalized spacial score (nSPS) is 19.8. The molecule has 1 fully saturated rings. The number of benzene rings is 2. The third kappa shape index (κ3) is 6.32. The van der Waals surface area contributed by atoms with Crippen molar-refractivity contribution in [1.82, 2.24) is 4.90 Å². The summed E-state index contributed by atoms with van der Waals surface area (Å²) < 4.78 is 11.3. The summed E-state index contributed by atoms with van der Waals surface area (Å²) in [6, 6.07) is 19.6. The van der Waals surface area contributed by atoms with Crippen LogP contribution in [-0.2, 0) is 11.3 Å². The maximum atomic E-state index is 6.01. The van der Waals surface area contributed by atoms with Crippen molar-refractivity contribution in [3.8, 4) is 5.75 Å². The van der Waals surface area contributed by atoms with Gasteiger partial charge in [-0.15, -0.1) is 0 Å². The zero-order valence-corrected chi connectivity index (χ0v) is 18.6. The van der Waals surface area contributed by atoms with Gasteiger partial charge in [0, 0.05) is 13.2 Å². The van der Waals surface area contributed by atoms with Gasteiger partial charge in [0.25, 0.3) is 0 Å². The predicted molar refractivity (Wildman–Crippen MR) is 121 cm³/mol. The third-order valence-electron chi connectivity index (χ3n) is 6.30. The van der Waals surface area contributed by atoms with Crippen LogP contribution < -0.4 is 4.74 Å². The fourth-order valence-electron chi connectivity index (χ4n) is 4.66. The van der Waals surface area contributed by atoms with Gasteiger partial charge in [-0.1, -0.05) is 49.4 Å². The van der Waals surface area contributed by atoms with Gasteiger partial charge in [-0.3, -0.25) is 4.90 Å². The third-order valence-corrected chi connectivity index (χ3v) is 6.30. The lowest BCUT2D eigenvalue weighted by molar-refractivity contribution is -0.0775. The van der Waals surface area contributed by atoms with Gasteiger partial charge in [0.05, 0.1) is 12.7 Å². The molecule has 0 unspecified atom stereocenters. The SMILES string of the molecule is CCN(CC[C@H](c1ccccc1)[C@@H]1CCOC(C)(C)C1)Cc1ccc(OC)cc1. The van der Waals surface area contributed by atoms with Gasteiger partial charge in [0.1, 0.15) is 5.75 Å². The summed E-state index contributed by atoms with van der Waals surface area (Å²) in [5, 5.41) is 0. The molecule has 1 heterocycles. The lowest BCUT2D eigenvalue weighted by Crippen LogP contribution is -2.37. The first kappa shape index (κ1) is 21.9. The minimum absolute atomic E-state index is 0.0104. The molecule has 0 saturated carbocycles. The highest BCUT2D eigenvalue weighted by Gasteiger charge is 2.34. The quantitative estimate of drug-likeness (QED) is 0.528. The van der Waals surface area contributed by atoms with Crippen LogP contribution in [-0.4, -0.2) is 37.3 Å². The Hall–Kier alpha value is -1.84. The number of hydrogen-bond acceptors (Lipinski definition) is 3. The van der Waals surface area contributed by atoms with E-state index in [-0.39, 0.29) is 5.60 Å². The molecule has 1 aliphatic heterocycles. The minimum atomic E-state index is -0.0104. The van der Waals surface area contributed by atoms with E-state index >= 15 is 0 Å². The van der Waals surface area contributed by atoms with Crippen LogP contribution in [0, 0.1) is 5.92 Å². The number of ether oxygens (including phenoxy) is 2. The monoisotopic (exact) mass is 395 g/mol. The van der Waals surface area contributed by atoms with Crippen molar-refractivity contribution in [3.63, 3.8) is 0 Å². The van der Waals surface area contributed by atoms with E-state index in [1.807, 2.05) is 0 Å². The maximum absolute atomic E-state index is 6.01. The molecule has 3 heteroatoms. The molecule has 0 spiro atoms. The van der Waals surface area contributed by atoms with E-state index in [0.29, 0.717) is 11.8 Å². The van der Waals surface area contributed by atoms with Crippen molar-refractivity contribution in [2.75, 3.05) is 26.8 Å². The Balaban J connectivity index is 1.67. The van der Waals surface area contributed by atoms with E-state index < -0.39 is 0 Å². The standard InChI is InChI=1S/C26H37NO2/c1-5-27(20-21-11-13-24(28-4)14-12-21)17-15-25(22-9-7-6-8-10-22)23-16-18-29-26(2,3)19-23/h6-14,23,25H,5,15-20H2,1-4H3/t23-,25-/m1/s1. The first-order valence-corrected chi connectivity index (χ1v) is 11.0. The summed E-state index contributed by atoms with van der Waals surface area (Å²) in [6.07, 6.45) is 3.49. The summed E-state index contributed by atoms with van der Waals surface area (Å²) in [5.41, 5.74) is 2.82. The van der Waals surface area contributed by atoms with Crippen LogP contribution in [0.3, 0.4) is 0 Å². The topological polar surface area (TPSA) is 21.7 Å². The largest absolute Gasteiger partial charge is 0.497 e. The Morgan fingerprint density at radius 3 is 2.45 bits per heavy atom. The van der Waals surface area contributed by atoms with Crippen LogP contribution in [0.4, 0.5) is 0 Å². The Bertz CT molecular complexity index is 726. The average molecular weight is 396 g/mol. The molecule has 158 valence electrons. The molecule has 0 N–H and O–H groups in total. The van der Waals surface area contributed by atoms with Gasteiger partial charge in [0.15, 0.2) is 0 Å². The summed E-state index contributed by atoms with van der Waals surface area (Å²) in [6.45, 7) is 10.8. The van der Waals surface area contributed by atoms with Gasteiger partial charge in [-0.2, -0.15) is 0 Å². The van der Waals surface area contributed by atoms with Crippen molar-refractivity contribution in [3.05, 3.63) is 65.7 Å². The van der Waals surface area contributed by atoms with Crippen molar-refractivity contribution in [1.29, 1.82) is 0 Å². The Kier molecular flexibility index (Phi) is 7.74. The van der Waals surface area contributed by atoms with Crippen LogP contribution in [0.15, 0.2) is 54.6 Å². The molecule has 2 aromatic carbocycles. The highest BCUT2D eigenvalue weighted by Crippen LogP contribution is 2.40. The van der Waals surface area contributed by atoms with Crippen LogP contribution in [0.2, 0.25) is 0 Å². The van der Waals surface area contributed by atoms with E-state index in [4.69, 9.17) is 9.47 Å². The fraction of sp³-hybridized carbons (Fsp3) is 0.538. The Labute approximate surface area is 177 Å². The second-order valence-electron chi connectivity index (χ2n) is 8.88. The van der Waals surface area contributed by atoms with Crippen molar-refractivity contribution in [2.45, 2.75) is 58.1 Å². The van der Waals surface area contributed by atoms with E-state index in [1.54, 1.807) is 7.11 Å². The number of nitrogens with zero attached hydrogens (tertiary/aromatic N) is 1. The second-order valence-corrected chi connectivity index (χ2v) is 8.88. The van der Waals surface area contributed by atoms with Crippen LogP contribution in [0.1, 0.15) is 57.1 Å². The molecular formula is C26H37NO2. The smallest absolute Gasteiger partial charge is 0.118 e. The summed E-state index contributed by atoms with van der Waals surface area (Å²) >= 11 is 0. The van der Waals surface area contributed by atoms with Gasteiger partial charge in [0.2, 0.25) is 0 Å². The molecule has 1 aliphatic rings. The average Bonchev–Trinajstić information content (AvgIpc) is 2.73. The zero-order valence-electron chi connectivity index (χ0n) is 18.6. The molecule has 0 aromatic heterocycles. The molecule has 2 aromatic rings. The van der Waals surface area contributed by atoms with Gasteiger partial charge >= 0.3 is 0 Å². The Morgan fingerprint density at radius 1 is 1.10 bits per heavy atom. The van der Waals surface area contributed by atoms with E-state index in [1.165, 1.54) is 17.5 Å². The minimum Gasteiger partial charge on any atom is -0.497 e. The molecule has 0 radical (unpaired) electrons. The van der Waals surface area contributed by atoms with Crippen molar-refractivity contribution < 1.29 is 9.47 Å². The molecule has 1 saturated heterocycles. The van der Waals surface area contributed by atoms with Gasteiger partial charge in [-0.05, 0) is 81.3 Å². The van der Waals surface area contributed by atoms with Crippen molar-refractivity contribution in [2.24, 2.45) is 5.92 Å². The number of methoxy groups -OCH3 is 1. The van der Waals surface area contributed by atoms with Crippen LogP contribution in [0.5, 0.6) is 5.75 Å². The number of hydrogen-bond donors (Lipinski definition) is 0. The molecule has 3 rings (SSSR count). The van der Waals surface area contributed by atoms with E-state index in [9.17, 15) is 0 Å². The summed E-state index contributed by atoms with van der Waals surface area (Å²) in [4.78, 5) is 2.56. The lowest BCUT2D eigenvalue weighted by atomic mass is 9.75. The highest BCUT2D eigenvalue weighted by molar-refractivity contribution is 5.27. The van der Waals surface area contributed by atoms with Crippen molar-refractivity contribution >= 4 is 0 Å². The van der Waals surface area contributed by atoms with E-state index in [2.05, 4.69) is 80.3 Å². The van der Waals surface area contributed by atoms with Crippen LogP contribution in [0.25, 0.3) is 0 Å². The molecule has 0 aliphatic carbocycles. The molecule has 29 heavy (non-hydrogen) atoms. The zero-order chi connectivity index (χ0) is 20.7. The molecule has 3 nitrogen and oxygen atoms in total. The maximum Gasteiger partial charge on any atom is 0.118 e. The first-order valence-electron chi connectivity index (χ1n) is 11.0. The fourth-order valence-corrected chi connectivity index (χ4v) is 4.66. The van der Waals surface area contributed by atoms with Gasteiger partial charge in [-0.25, -0.2) is 0 Å². The van der Waals surface area contributed by atoms with Gasteiger partial charge < -0.3 is 9.47 Å². The van der Waals surface area contributed by atoms with E-state index in [0.717, 1.165) is 44.8 Å². The first-order chi connectivity index (χ1) is 14.0.